The molecule has 2 N–H and O–H groups in total. The number of ether oxygens (including phenoxy) is 1. The van der Waals surface area contributed by atoms with Crippen LogP contribution in [0.3, 0.4) is 0 Å². The minimum absolute atomic E-state index is 0.223. The van der Waals surface area contributed by atoms with Crippen LogP contribution >= 0.6 is 0 Å². The fraction of sp³-hybridized carbons (Fsp3) is 0.417. The second kappa shape index (κ2) is 12.7. The van der Waals surface area contributed by atoms with Gasteiger partial charge in [0.05, 0.1) is 11.1 Å². The van der Waals surface area contributed by atoms with Crippen molar-refractivity contribution >= 4 is 17.7 Å². The third kappa shape index (κ3) is 7.72. The normalized spacial score (nSPS) is 14.4. The molecule has 0 saturated carbocycles. The van der Waals surface area contributed by atoms with Crippen LogP contribution in [0.25, 0.3) is 0 Å². The number of amides is 3. The number of nitrogens with one attached hydrogen (secondary N) is 2. The topological polar surface area (TPSA) is 100 Å². The summed E-state index contributed by atoms with van der Waals surface area (Å²) >= 11 is 0. The Morgan fingerprint density at radius 1 is 0.733 bits per heavy atom. The van der Waals surface area contributed by atoms with Gasteiger partial charge in [-0.25, -0.2) is 14.9 Å². The first kappa shape index (κ1) is 33.7. The fourth-order valence-corrected chi connectivity index (χ4v) is 5.49. The van der Waals surface area contributed by atoms with Crippen LogP contribution in [0.1, 0.15) is 106 Å². The van der Waals surface area contributed by atoms with Gasteiger partial charge in [-0.3, -0.25) is 19.8 Å². The summed E-state index contributed by atoms with van der Waals surface area (Å²) < 4.78 is 6.04. The number of fused-ring (bicyclic) bond motifs is 1. The maximum absolute atomic E-state index is 13.6. The van der Waals surface area contributed by atoms with Gasteiger partial charge in [0, 0.05) is 28.7 Å². The first-order valence-electron chi connectivity index (χ1n) is 15.2. The lowest BCUT2D eigenvalue weighted by Crippen LogP contribution is -2.56. The molecule has 1 aliphatic heterocycles. The Morgan fingerprint density at radius 2 is 1.20 bits per heavy atom. The summed E-state index contributed by atoms with van der Waals surface area (Å²) in [7, 11) is 0. The highest BCUT2D eigenvalue weighted by molar-refractivity contribution is 6.00. The minimum Gasteiger partial charge on any atom is -0.463 e. The predicted molar refractivity (Wildman–Crippen MR) is 175 cm³/mol. The van der Waals surface area contributed by atoms with E-state index in [2.05, 4.69) is 11.0 Å². The summed E-state index contributed by atoms with van der Waals surface area (Å²) in [6, 6.07) is 14.8. The van der Waals surface area contributed by atoms with Crippen molar-refractivity contribution < 1.29 is 24.0 Å². The summed E-state index contributed by atoms with van der Waals surface area (Å²) in [5.74, 6) is -0.317. The summed E-state index contributed by atoms with van der Waals surface area (Å²) in [4.78, 5) is 46.6. The van der Waals surface area contributed by atoms with Gasteiger partial charge in [-0.2, -0.15) is 0 Å². The van der Waals surface area contributed by atoms with Crippen molar-refractivity contribution in [1.29, 1.82) is 0 Å². The van der Waals surface area contributed by atoms with Crippen LogP contribution in [0.5, 0.6) is 5.75 Å². The molecule has 0 radical (unpaired) electrons. The van der Waals surface area contributed by atoms with Crippen LogP contribution in [0.15, 0.2) is 48.5 Å². The van der Waals surface area contributed by atoms with Crippen molar-refractivity contribution in [2.24, 2.45) is 0 Å². The first-order valence-corrected chi connectivity index (χ1v) is 15.2. The summed E-state index contributed by atoms with van der Waals surface area (Å²) in [5.41, 5.74) is 11.4. The van der Waals surface area contributed by atoms with Crippen molar-refractivity contribution in [1.82, 2.24) is 21.0 Å². The molecule has 1 unspecified atom stereocenters. The third-order valence-corrected chi connectivity index (χ3v) is 7.60. The van der Waals surface area contributed by atoms with Crippen molar-refractivity contribution in [2.45, 2.75) is 99.9 Å². The molecule has 1 atom stereocenters. The molecule has 0 bridgehead atoms. The van der Waals surface area contributed by atoms with Crippen LogP contribution in [0.2, 0.25) is 0 Å². The highest BCUT2D eigenvalue weighted by Gasteiger charge is 2.34. The van der Waals surface area contributed by atoms with E-state index in [1.54, 1.807) is 12.1 Å². The highest BCUT2D eigenvalue weighted by Crippen LogP contribution is 2.34. The zero-order valence-corrected chi connectivity index (χ0v) is 28.3. The van der Waals surface area contributed by atoms with Gasteiger partial charge in [0.2, 0.25) is 6.29 Å². The first-order chi connectivity index (χ1) is 20.8. The predicted octanol–water partition coefficient (Wildman–Crippen LogP) is 6.45. The molecule has 0 aliphatic carbocycles. The zero-order valence-electron chi connectivity index (χ0n) is 28.3. The molecule has 240 valence electrons. The highest BCUT2D eigenvalue weighted by atomic mass is 16.8. The van der Waals surface area contributed by atoms with Gasteiger partial charge in [0.1, 0.15) is 5.75 Å². The molecule has 45 heavy (non-hydrogen) atoms. The van der Waals surface area contributed by atoms with E-state index in [1.165, 1.54) is 10.0 Å². The number of hydrazine groups is 2. The molecule has 3 aromatic carbocycles. The van der Waals surface area contributed by atoms with Crippen molar-refractivity contribution in [2.75, 3.05) is 0 Å². The smallest absolute Gasteiger partial charge is 0.272 e. The van der Waals surface area contributed by atoms with E-state index < -0.39 is 23.3 Å². The summed E-state index contributed by atoms with van der Waals surface area (Å²) in [5, 5.41) is 2.84. The van der Waals surface area contributed by atoms with Gasteiger partial charge in [-0.05, 0) is 118 Å². The number of hydrogen-bond donors (Lipinski definition) is 2. The van der Waals surface area contributed by atoms with Gasteiger partial charge < -0.3 is 4.74 Å². The van der Waals surface area contributed by atoms with Gasteiger partial charge in [0.25, 0.3) is 17.7 Å². The molecule has 9 nitrogen and oxygen atoms in total. The lowest BCUT2D eigenvalue weighted by atomic mass is 9.99. The second-order valence-electron chi connectivity index (χ2n) is 14.0. The molecule has 0 saturated heterocycles. The number of aryl methyl sites for hydroxylation is 4. The maximum Gasteiger partial charge on any atom is 0.272 e. The van der Waals surface area contributed by atoms with E-state index in [-0.39, 0.29) is 11.8 Å². The molecular weight excluding hydrogens is 568 g/mol. The molecule has 3 aromatic rings. The van der Waals surface area contributed by atoms with E-state index in [0.29, 0.717) is 28.9 Å². The fourth-order valence-electron chi connectivity index (χ4n) is 5.49. The Morgan fingerprint density at radius 3 is 1.67 bits per heavy atom. The molecule has 9 heteroatoms. The van der Waals surface area contributed by atoms with E-state index in [1.807, 2.05) is 113 Å². The Hall–Kier alpha value is -4.21. The SMILES string of the molecule is Cc1cc(C)cc(C(=O)N(NOC2Cc3c(ccc(C(=O)NN(C(=O)c4cc(C)cc(C)c4)C(C)(C)C)c3C)O2)C(C)(C)C)c1. The van der Waals surface area contributed by atoms with Gasteiger partial charge in [-0.1, -0.05) is 34.4 Å². The minimum atomic E-state index is -0.730. The Labute approximate surface area is 266 Å². The van der Waals surface area contributed by atoms with E-state index in [9.17, 15) is 14.4 Å². The Kier molecular flexibility index (Phi) is 9.47. The van der Waals surface area contributed by atoms with E-state index >= 15 is 0 Å². The molecule has 4 rings (SSSR count). The standard InChI is InChI=1S/C36H46N4O5/c1-21-14-22(2)17-26(16-21)33(42)39(35(6,7)8)37-32(41)28-12-13-30-29(25(28)5)20-31(44-30)45-38-40(36(9,10)11)34(43)27-18-23(3)15-24(4)19-27/h12-19,31,38H,20H2,1-11H3,(H,37,41). The van der Waals surface area contributed by atoms with E-state index in [4.69, 9.17) is 9.57 Å². The van der Waals surface area contributed by atoms with Crippen LogP contribution in [-0.4, -0.2) is 45.1 Å². The van der Waals surface area contributed by atoms with E-state index in [0.717, 1.165) is 33.4 Å². The van der Waals surface area contributed by atoms with Crippen LogP contribution in [0.4, 0.5) is 0 Å². The van der Waals surface area contributed by atoms with Gasteiger partial charge >= 0.3 is 0 Å². The molecule has 3 amide bonds. The quantitative estimate of drug-likeness (QED) is 0.310. The molecular formula is C36H46N4O5. The molecule has 0 fully saturated rings. The number of carbonyl (C=O) groups excluding carboxylic acids is 3. The average Bonchev–Trinajstić information content (AvgIpc) is 3.33. The monoisotopic (exact) mass is 614 g/mol. The number of hydrogen-bond acceptors (Lipinski definition) is 6. The summed E-state index contributed by atoms with van der Waals surface area (Å²) in [6.07, 6.45) is -0.374. The number of nitrogens with zero attached hydrogens (tertiary/aromatic N) is 2. The Balaban J connectivity index is 1.49. The maximum atomic E-state index is 13.6. The molecule has 0 spiro atoms. The van der Waals surface area contributed by atoms with Crippen LogP contribution < -0.4 is 15.8 Å². The lowest BCUT2D eigenvalue weighted by Gasteiger charge is -2.35. The Bertz CT molecular complexity index is 1590. The van der Waals surface area contributed by atoms with Crippen LogP contribution in [0, 0.1) is 34.6 Å². The number of carbonyl (C=O) groups is 3. The average molecular weight is 615 g/mol. The third-order valence-electron chi connectivity index (χ3n) is 7.60. The molecule has 0 aromatic heterocycles. The molecule has 1 heterocycles. The largest absolute Gasteiger partial charge is 0.463 e. The number of benzene rings is 3. The van der Waals surface area contributed by atoms with Crippen LogP contribution in [-0.2, 0) is 11.3 Å². The van der Waals surface area contributed by atoms with Gasteiger partial charge in [-0.15, -0.1) is 5.59 Å². The van der Waals surface area contributed by atoms with Crippen molar-refractivity contribution in [3.8, 4) is 5.75 Å². The molecule has 1 aliphatic rings. The van der Waals surface area contributed by atoms with Crippen molar-refractivity contribution in [3.05, 3.63) is 98.6 Å². The lowest BCUT2D eigenvalue weighted by molar-refractivity contribution is -0.184. The van der Waals surface area contributed by atoms with Gasteiger partial charge in [0.15, 0.2) is 0 Å². The van der Waals surface area contributed by atoms with Crippen molar-refractivity contribution in [3.63, 3.8) is 0 Å². The second-order valence-corrected chi connectivity index (χ2v) is 14.0. The summed E-state index contributed by atoms with van der Waals surface area (Å²) in [6.45, 7) is 21.0. The zero-order chi connectivity index (χ0) is 33.4. The number of rotatable bonds is 6.